The van der Waals surface area contributed by atoms with E-state index in [9.17, 15) is 14.9 Å². The van der Waals surface area contributed by atoms with Gasteiger partial charge in [-0.3, -0.25) is 14.9 Å². The molecule has 0 aromatic heterocycles. The Morgan fingerprint density at radius 1 is 1.31 bits per heavy atom. The first kappa shape index (κ1) is 18.2. The summed E-state index contributed by atoms with van der Waals surface area (Å²) in [6.45, 7) is 0.860. The fourth-order valence-electron chi connectivity index (χ4n) is 2.87. The van der Waals surface area contributed by atoms with Crippen LogP contribution in [0.1, 0.15) is 24.4 Å². The molecular weight excluding hydrogens is 402 g/mol. The van der Waals surface area contributed by atoms with E-state index < -0.39 is 4.92 Å². The van der Waals surface area contributed by atoms with E-state index in [2.05, 4.69) is 26.6 Å². The first-order chi connectivity index (χ1) is 12.5. The monoisotopic (exact) mass is 419 g/mol. The summed E-state index contributed by atoms with van der Waals surface area (Å²) in [7, 11) is 0. The van der Waals surface area contributed by atoms with E-state index in [-0.39, 0.29) is 24.1 Å². The predicted octanol–water partition coefficient (Wildman–Crippen LogP) is 3.80. The van der Waals surface area contributed by atoms with Gasteiger partial charge in [-0.15, -0.1) is 0 Å². The zero-order chi connectivity index (χ0) is 18.5. The van der Waals surface area contributed by atoms with Gasteiger partial charge in [0.05, 0.1) is 17.6 Å². The molecule has 0 bridgehead atoms. The van der Waals surface area contributed by atoms with Crippen molar-refractivity contribution in [3.05, 3.63) is 62.6 Å². The second-order valence-corrected chi connectivity index (χ2v) is 6.81. The number of benzene rings is 2. The van der Waals surface area contributed by atoms with Crippen molar-refractivity contribution in [2.24, 2.45) is 0 Å². The molecule has 0 spiro atoms. The van der Waals surface area contributed by atoms with E-state index in [0.29, 0.717) is 25.3 Å². The van der Waals surface area contributed by atoms with Crippen LogP contribution in [0.5, 0.6) is 5.75 Å². The summed E-state index contributed by atoms with van der Waals surface area (Å²) in [5.74, 6) is 0.664. The van der Waals surface area contributed by atoms with Gasteiger partial charge in [0.1, 0.15) is 11.4 Å². The van der Waals surface area contributed by atoms with Crippen LogP contribution in [0.4, 0.5) is 11.4 Å². The van der Waals surface area contributed by atoms with Crippen molar-refractivity contribution in [2.75, 3.05) is 18.5 Å². The number of ether oxygens (including phenoxy) is 1. The van der Waals surface area contributed by atoms with Gasteiger partial charge in [0.15, 0.2) is 0 Å². The minimum atomic E-state index is -0.445. The third-order valence-corrected chi connectivity index (χ3v) is 4.61. The van der Waals surface area contributed by atoms with Crippen LogP contribution in [0.25, 0.3) is 0 Å². The molecule has 1 amide bonds. The highest BCUT2D eigenvalue weighted by molar-refractivity contribution is 9.10. The lowest BCUT2D eigenvalue weighted by Crippen LogP contribution is -2.33. The second-order valence-electron chi connectivity index (χ2n) is 5.89. The Morgan fingerprint density at radius 3 is 2.92 bits per heavy atom. The van der Waals surface area contributed by atoms with E-state index in [1.54, 1.807) is 18.2 Å². The lowest BCUT2D eigenvalue weighted by atomic mass is 10.0. The number of anilines is 1. The molecule has 26 heavy (non-hydrogen) atoms. The smallest absolute Gasteiger partial charge is 0.292 e. The van der Waals surface area contributed by atoms with E-state index in [4.69, 9.17) is 4.74 Å². The fraction of sp³-hybridized carbons (Fsp3) is 0.278. The van der Waals surface area contributed by atoms with Gasteiger partial charge in [0.2, 0.25) is 5.91 Å². The average molecular weight is 420 g/mol. The van der Waals surface area contributed by atoms with Crippen molar-refractivity contribution < 1.29 is 14.5 Å². The number of hydrogen-bond donors (Lipinski definition) is 2. The van der Waals surface area contributed by atoms with Crippen molar-refractivity contribution in [3.63, 3.8) is 0 Å². The van der Waals surface area contributed by atoms with E-state index in [0.717, 1.165) is 15.8 Å². The number of nitro groups is 1. The molecule has 0 saturated heterocycles. The Kier molecular flexibility index (Phi) is 5.72. The van der Waals surface area contributed by atoms with Crippen LogP contribution in [-0.4, -0.2) is 24.0 Å². The highest BCUT2D eigenvalue weighted by Gasteiger charge is 2.23. The lowest BCUT2D eigenvalue weighted by molar-refractivity contribution is -0.384. The summed E-state index contributed by atoms with van der Waals surface area (Å²) in [5.41, 5.74) is 1.35. The summed E-state index contributed by atoms with van der Waals surface area (Å²) >= 11 is 3.44. The molecule has 0 saturated carbocycles. The van der Waals surface area contributed by atoms with Crippen LogP contribution in [0.15, 0.2) is 46.9 Å². The molecule has 0 fully saturated rings. The molecule has 0 radical (unpaired) electrons. The number of nitro benzene ring substituents is 1. The number of fused-ring (bicyclic) bond motifs is 1. The van der Waals surface area contributed by atoms with Gasteiger partial charge in [-0.2, -0.15) is 0 Å². The third-order valence-electron chi connectivity index (χ3n) is 4.11. The number of rotatable bonds is 6. The first-order valence-electron chi connectivity index (χ1n) is 8.23. The number of carbonyl (C=O) groups is 1. The Labute approximate surface area is 159 Å². The molecule has 1 unspecified atom stereocenters. The van der Waals surface area contributed by atoms with Crippen LogP contribution < -0.4 is 15.4 Å². The number of halogens is 1. The number of amides is 1. The summed E-state index contributed by atoms with van der Waals surface area (Å²) in [4.78, 5) is 22.8. The van der Waals surface area contributed by atoms with Crippen LogP contribution in [0, 0.1) is 10.1 Å². The van der Waals surface area contributed by atoms with E-state index in [1.165, 1.54) is 6.07 Å². The minimum Gasteiger partial charge on any atom is -0.493 e. The molecule has 1 atom stereocenters. The number of carbonyl (C=O) groups excluding carboxylic acids is 1. The van der Waals surface area contributed by atoms with E-state index >= 15 is 0 Å². The minimum absolute atomic E-state index is 0.00360. The van der Waals surface area contributed by atoms with E-state index in [1.807, 2.05) is 18.2 Å². The van der Waals surface area contributed by atoms with Crippen LogP contribution in [0.2, 0.25) is 0 Å². The van der Waals surface area contributed by atoms with Crippen molar-refractivity contribution in [1.29, 1.82) is 0 Å². The summed E-state index contributed by atoms with van der Waals surface area (Å²) < 4.78 is 6.55. The normalized spacial score (nSPS) is 15.5. The first-order valence-corrected chi connectivity index (χ1v) is 9.03. The molecule has 136 valence electrons. The number of nitrogens with one attached hydrogen (secondary N) is 2. The molecule has 8 heteroatoms. The maximum atomic E-state index is 12.3. The molecule has 7 nitrogen and oxygen atoms in total. The third kappa shape index (κ3) is 4.32. The second kappa shape index (κ2) is 8.18. The highest BCUT2D eigenvalue weighted by Crippen LogP contribution is 2.34. The number of hydrogen-bond acceptors (Lipinski definition) is 5. The Hall–Kier alpha value is -2.61. The van der Waals surface area contributed by atoms with Crippen molar-refractivity contribution in [2.45, 2.75) is 18.9 Å². The zero-order valence-electron chi connectivity index (χ0n) is 13.9. The number of nitrogens with zero attached hydrogens (tertiary/aromatic N) is 1. The van der Waals surface area contributed by atoms with Gasteiger partial charge in [-0.25, -0.2) is 0 Å². The average Bonchev–Trinajstić information content (AvgIpc) is 2.62. The SMILES string of the molecule is O=C(CCNc1ccccc1[N+](=O)[O-])NC1CCOc2ccc(Br)cc21. The topological polar surface area (TPSA) is 93.5 Å². The highest BCUT2D eigenvalue weighted by atomic mass is 79.9. The summed E-state index contributed by atoms with van der Waals surface area (Å²) in [5, 5.41) is 17.0. The van der Waals surface area contributed by atoms with Gasteiger partial charge in [0, 0.05) is 35.5 Å². The molecule has 3 rings (SSSR count). The Balaban J connectivity index is 1.56. The molecule has 2 aromatic rings. The molecule has 2 N–H and O–H groups in total. The summed E-state index contributed by atoms with van der Waals surface area (Å²) in [6.07, 6.45) is 0.916. The largest absolute Gasteiger partial charge is 0.493 e. The molecule has 0 aliphatic carbocycles. The molecule has 2 aromatic carbocycles. The molecule has 1 aliphatic rings. The maximum Gasteiger partial charge on any atom is 0.292 e. The standard InChI is InChI=1S/C18H18BrN3O4/c19-12-5-6-17-13(11-12)14(8-10-26-17)21-18(23)7-9-20-15-3-1-2-4-16(15)22(24)25/h1-6,11,14,20H,7-10H2,(H,21,23). The summed E-state index contributed by atoms with van der Waals surface area (Å²) in [6, 6.07) is 12.0. The van der Waals surface area contributed by atoms with Crippen molar-refractivity contribution >= 4 is 33.2 Å². The van der Waals surface area contributed by atoms with Crippen molar-refractivity contribution in [1.82, 2.24) is 5.32 Å². The van der Waals surface area contributed by atoms with Gasteiger partial charge in [0.25, 0.3) is 5.69 Å². The molecule has 1 heterocycles. The lowest BCUT2D eigenvalue weighted by Gasteiger charge is -2.27. The Bertz CT molecular complexity index is 828. The van der Waals surface area contributed by atoms with Gasteiger partial charge >= 0.3 is 0 Å². The van der Waals surface area contributed by atoms with Crippen LogP contribution >= 0.6 is 15.9 Å². The van der Waals surface area contributed by atoms with Crippen LogP contribution in [-0.2, 0) is 4.79 Å². The predicted molar refractivity (Wildman–Crippen MR) is 101 cm³/mol. The molecular formula is C18H18BrN3O4. The Morgan fingerprint density at radius 2 is 2.12 bits per heavy atom. The number of para-hydroxylation sites is 2. The van der Waals surface area contributed by atoms with Gasteiger partial charge < -0.3 is 15.4 Å². The van der Waals surface area contributed by atoms with Crippen LogP contribution in [0.3, 0.4) is 0 Å². The fourth-order valence-corrected chi connectivity index (χ4v) is 3.25. The van der Waals surface area contributed by atoms with Gasteiger partial charge in [-0.1, -0.05) is 28.1 Å². The quantitative estimate of drug-likeness (QED) is 0.548. The zero-order valence-corrected chi connectivity index (χ0v) is 15.5. The van der Waals surface area contributed by atoms with Crippen molar-refractivity contribution in [3.8, 4) is 5.75 Å². The maximum absolute atomic E-state index is 12.3. The van der Waals surface area contributed by atoms with Gasteiger partial charge in [-0.05, 0) is 24.3 Å². The molecule has 1 aliphatic heterocycles.